The predicted molar refractivity (Wildman–Crippen MR) is 90.6 cm³/mol. The standard InChI is InChI=1S/C16H18N4OS/c1-3-10-11(15(21)20-19-12(10)4-2)9-17-16-18-13-7-5-6-8-14(13)22-16/h5-8H,3-4,9H2,1-2H3,(H,17,18)(H,20,21). The number of nitrogens with one attached hydrogen (secondary N) is 2. The van der Waals surface area contributed by atoms with E-state index in [4.69, 9.17) is 0 Å². The van der Waals surface area contributed by atoms with E-state index in [1.54, 1.807) is 11.3 Å². The number of hydrogen-bond acceptors (Lipinski definition) is 5. The summed E-state index contributed by atoms with van der Waals surface area (Å²) in [6.45, 7) is 4.56. The van der Waals surface area contributed by atoms with Crippen LogP contribution >= 0.6 is 11.3 Å². The lowest BCUT2D eigenvalue weighted by atomic mass is 10.0. The fourth-order valence-electron chi connectivity index (χ4n) is 2.57. The van der Waals surface area contributed by atoms with Crippen LogP contribution in [0.3, 0.4) is 0 Å². The smallest absolute Gasteiger partial charge is 0.269 e. The molecule has 3 aromatic rings. The van der Waals surface area contributed by atoms with Crippen molar-refractivity contribution in [1.29, 1.82) is 0 Å². The van der Waals surface area contributed by atoms with E-state index in [0.717, 1.165) is 45.0 Å². The number of nitrogens with zero attached hydrogens (tertiary/aromatic N) is 2. The minimum Gasteiger partial charge on any atom is -0.357 e. The highest BCUT2D eigenvalue weighted by Crippen LogP contribution is 2.25. The molecular weight excluding hydrogens is 296 g/mol. The molecule has 0 spiro atoms. The number of fused-ring (bicyclic) bond motifs is 1. The Labute approximate surface area is 132 Å². The molecule has 0 aliphatic rings. The van der Waals surface area contributed by atoms with Gasteiger partial charge in [-0.25, -0.2) is 10.1 Å². The van der Waals surface area contributed by atoms with Crippen LogP contribution in [0.4, 0.5) is 5.13 Å². The van der Waals surface area contributed by atoms with Crippen molar-refractivity contribution in [2.75, 3.05) is 5.32 Å². The summed E-state index contributed by atoms with van der Waals surface area (Å²) in [4.78, 5) is 16.6. The van der Waals surface area contributed by atoms with Gasteiger partial charge in [0.05, 0.1) is 15.9 Å². The van der Waals surface area contributed by atoms with Crippen molar-refractivity contribution < 1.29 is 0 Å². The molecule has 0 atom stereocenters. The predicted octanol–water partition coefficient (Wildman–Crippen LogP) is 3.12. The van der Waals surface area contributed by atoms with E-state index in [1.165, 1.54) is 0 Å². The molecule has 0 amide bonds. The molecule has 2 aromatic heterocycles. The van der Waals surface area contributed by atoms with Crippen molar-refractivity contribution in [3.8, 4) is 0 Å². The summed E-state index contributed by atoms with van der Waals surface area (Å²) in [5.74, 6) is 0. The molecule has 114 valence electrons. The summed E-state index contributed by atoms with van der Waals surface area (Å²) in [6, 6.07) is 8.01. The summed E-state index contributed by atoms with van der Waals surface area (Å²) in [7, 11) is 0. The number of aromatic nitrogens is 3. The fraction of sp³-hybridized carbons (Fsp3) is 0.312. The summed E-state index contributed by atoms with van der Waals surface area (Å²) in [5.41, 5.74) is 3.61. The molecule has 0 saturated heterocycles. The fourth-order valence-corrected chi connectivity index (χ4v) is 3.43. The van der Waals surface area contributed by atoms with Crippen molar-refractivity contribution in [3.63, 3.8) is 0 Å². The van der Waals surface area contributed by atoms with Crippen LogP contribution in [0.2, 0.25) is 0 Å². The van der Waals surface area contributed by atoms with E-state index in [2.05, 4.69) is 27.4 Å². The van der Waals surface area contributed by atoms with Crippen LogP contribution in [0.15, 0.2) is 29.1 Å². The largest absolute Gasteiger partial charge is 0.357 e. The first-order chi connectivity index (χ1) is 10.7. The Kier molecular flexibility index (Phi) is 4.20. The van der Waals surface area contributed by atoms with Gasteiger partial charge in [0.2, 0.25) is 0 Å². The monoisotopic (exact) mass is 314 g/mol. The molecule has 0 aliphatic heterocycles. The number of para-hydroxylation sites is 1. The van der Waals surface area contributed by atoms with Crippen LogP contribution in [-0.2, 0) is 19.4 Å². The van der Waals surface area contributed by atoms with Crippen molar-refractivity contribution in [1.82, 2.24) is 15.2 Å². The maximum Gasteiger partial charge on any atom is 0.269 e. The lowest BCUT2D eigenvalue weighted by Gasteiger charge is -2.10. The summed E-state index contributed by atoms with van der Waals surface area (Å²) < 4.78 is 1.14. The Morgan fingerprint density at radius 2 is 2.00 bits per heavy atom. The van der Waals surface area contributed by atoms with Gasteiger partial charge in [-0.05, 0) is 30.5 Å². The van der Waals surface area contributed by atoms with E-state index in [-0.39, 0.29) is 5.56 Å². The number of benzene rings is 1. The van der Waals surface area contributed by atoms with Gasteiger partial charge in [-0.15, -0.1) is 0 Å². The van der Waals surface area contributed by atoms with Crippen molar-refractivity contribution in [2.24, 2.45) is 0 Å². The molecule has 0 fully saturated rings. The molecule has 5 nitrogen and oxygen atoms in total. The third kappa shape index (κ3) is 2.74. The molecule has 0 radical (unpaired) electrons. The summed E-state index contributed by atoms with van der Waals surface area (Å²) in [6.07, 6.45) is 1.62. The van der Waals surface area contributed by atoms with Crippen molar-refractivity contribution >= 4 is 26.7 Å². The Balaban J connectivity index is 1.88. The number of rotatable bonds is 5. The summed E-state index contributed by atoms with van der Waals surface area (Å²) in [5, 5.41) is 10.8. The van der Waals surface area contributed by atoms with E-state index in [9.17, 15) is 4.79 Å². The van der Waals surface area contributed by atoms with Gasteiger partial charge in [0, 0.05) is 12.1 Å². The highest BCUT2D eigenvalue weighted by atomic mass is 32.1. The number of H-pyrrole nitrogens is 1. The number of aromatic amines is 1. The third-order valence-corrected chi connectivity index (χ3v) is 4.67. The zero-order valence-electron chi connectivity index (χ0n) is 12.6. The van der Waals surface area contributed by atoms with Gasteiger partial charge < -0.3 is 5.32 Å². The quantitative estimate of drug-likeness (QED) is 0.759. The van der Waals surface area contributed by atoms with Crippen molar-refractivity contribution in [3.05, 3.63) is 51.4 Å². The van der Waals surface area contributed by atoms with Crippen LogP contribution in [0.25, 0.3) is 10.2 Å². The summed E-state index contributed by atoms with van der Waals surface area (Å²) >= 11 is 1.60. The van der Waals surface area contributed by atoms with Crippen LogP contribution in [0.5, 0.6) is 0 Å². The van der Waals surface area contributed by atoms with E-state index < -0.39 is 0 Å². The minimum atomic E-state index is -0.123. The second kappa shape index (κ2) is 6.27. The molecule has 0 unspecified atom stereocenters. The number of thiazole rings is 1. The van der Waals surface area contributed by atoms with Crippen molar-refractivity contribution in [2.45, 2.75) is 33.2 Å². The Bertz CT molecular complexity index is 820. The second-order valence-corrected chi connectivity index (χ2v) is 6.03. The Morgan fingerprint density at radius 1 is 1.18 bits per heavy atom. The average Bonchev–Trinajstić information content (AvgIpc) is 2.96. The lowest BCUT2D eigenvalue weighted by molar-refractivity contribution is 0.827. The molecule has 6 heteroatoms. The van der Waals surface area contributed by atoms with Crippen LogP contribution in [-0.4, -0.2) is 15.2 Å². The topological polar surface area (TPSA) is 70.7 Å². The first kappa shape index (κ1) is 14.7. The van der Waals surface area contributed by atoms with E-state index >= 15 is 0 Å². The van der Waals surface area contributed by atoms with Crippen LogP contribution in [0.1, 0.15) is 30.7 Å². The lowest BCUT2D eigenvalue weighted by Crippen LogP contribution is -2.22. The number of aryl methyl sites for hydroxylation is 1. The van der Waals surface area contributed by atoms with Gasteiger partial charge in [-0.3, -0.25) is 4.79 Å². The molecular formula is C16H18N4OS. The molecule has 2 heterocycles. The number of anilines is 1. The third-order valence-electron chi connectivity index (χ3n) is 3.68. The van der Waals surface area contributed by atoms with Gasteiger partial charge in [-0.1, -0.05) is 37.3 Å². The van der Waals surface area contributed by atoms with Gasteiger partial charge in [0.15, 0.2) is 5.13 Å². The van der Waals surface area contributed by atoms with E-state index in [0.29, 0.717) is 6.54 Å². The van der Waals surface area contributed by atoms with Crippen LogP contribution in [0, 0.1) is 0 Å². The molecule has 0 bridgehead atoms. The second-order valence-electron chi connectivity index (χ2n) is 5.00. The zero-order valence-corrected chi connectivity index (χ0v) is 13.5. The van der Waals surface area contributed by atoms with Gasteiger partial charge in [-0.2, -0.15) is 5.10 Å². The molecule has 22 heavy (non-hydrogen) atoms. The van der Waals surface area contributed by atoms with Gasteiger partial charge in [0.1, 0.15) is 0 Å². The minimum absolute atomic E-state index is 0.123. The molecule has 0 saturated carbocycles. The Morgan fingerprint density at radius 3 is 2.73 bits per heavy atom. The zero-order chi connectivity index (χ0) is 15.5. The molecule has 1 aromatic carbocycles. The average molecular weight is 314 g/mol. The molecule has 0 aliphatic carbocycles. The van der Waals surface area contributed by atoms with E-state index in [1.807, 2.05) is 31.2 Å². The molecule has 2 N–H and O–H groups in total. The number of hydrogen-bond donors (Lipinski definition) is 2. The maximum absolute atomic E-state index is 12.1. The molecule has 3 rings (SSSR count). The highest BCUT2D eigenvalue weighted by molar-refractivity contribution is 7.22. The first-order valence-corrected chi connectivity index (χ1v) is 8.23. The highest BCUT2D eigenvalue weighted by Gasteiger charge is 2.12. The SMILES string of the molecule is CCc1n[nH]c(=O)c(CNc2nc3ccccc3s2)c1CC. The maximum atomic E-state index is 12.1. The normalized spacial score (nSPS) is 11.0. The van der Waals surface area contributed by atoms with Crippen LogP contribution < -0.4 is 10.9 Å². The van der Waals surface area contributed by atoms with Gasteiger partial charge >= 0.3 is 0 Å². The van der Waals surface area contributed by atoms with Gasteiger partial charge in [0.25, 0.3) is 5.56 Å². The first-order valence-electron chi connectivity index (χ1n) is 7.41. The Hall–Kier alpha value is -2.21.